The third-order valence-electron chi connectivity index (χ3n) is 4.44. The first kappa shape index (κ1) is 18.0. The molecule has 1 heterocycles. The monoisotopic (exact) mass is 349 g/mol. The molecule has 2 aromatic rings. The number of nitrogens with two attached hydrogens (primary N) is 1. The Kier molecular flexibility index (Phi) is 6.65. The highest BCUT2D eigenvalue weighted by Gasteiger charge is 2.05. The molecule has 3 rings (SSSR count). The van der Waals surface area contributed by atoms with Gasteiger partial charge >= 0.3 is 0 Å². The number of aliphatic imine (C=N–C) groups is 1. The fourth-order valence-corrected chi connectivity index (χ4v) is 2.95. The van der Waals surface area contributed by atoms with E-state index in [-0.39, 0.29) is 0 Å². The number of benzene rings is 1. The van der Waals surface area contributed by atoms with Crippen LogP contribution < -0.4 is 16.4 Å². The molecule has 1 aliphatic carbocycles. The zero-order valence-corrected chi connectivity index (χ0v) is 15.1. The van der Waals surface area contributed by atoms with Gasteiger partial charge in [0.25, 0.3) is 0 Å². The van der Waals surface area contributed by atoms with Crippen LogP contribution in [0.1, 0.15) is 38.5 Å². The molecule has 1 aromatic carbocycles. The van der Waals surface area contributed by atoms with Crippen molar-refractivity contribution < 1.29 is 0 Å². The third-order valence-corrected chi connectivity index (χ3v) is 4.44. The first-order valence-electron chi connectivity index (χ1n) is 9.31. The van der Waals surface area contributed by atoms with Gasteiger partial charge in [-0.05, 0) is 62.1 Å². The maximum Gasteiger partial charge on any atom is 0.0455 e. The van der Waals surface area contributed by atoms with Gasteiger partial charge in [-0.25, -0.2) is 0 Å². The van der Waals surface area contributed by atoms with E-state index in [4.69, 9.17) is 5.73 Å². The molecule has 0 unspecified atom stereocenters. The van der Waals surface area contributed by atoms with E-state index in [0.29, 0.717) is 0 Å². The van der Waals surface area contributed by atoms with Crippen molar-refractivity contribution in [3.8, 4) is 0 Å². The molecule has 0 saturated heterocycles. The maximum absolute atomic E-state index is 6.06. The van der Waals surface area contributed by atoms with Crippen molar-refractivity contribution in [2.24, 2.45) is 10.7 Å². The van der Waals surface area contributed by atoms with E-state index >= 15 is 0 Å². The van der Waals surface area contributed by atoms with Gasteiger partial charge in [-0.3, -0.25) is 9.98 Å². The molecular weight excluding hydrogens is 322 g/mol. The summed E-state index contributed by atoms with van der Waals surface area (Å²) in [5.41, 5.74) is 11.3. The Balaban J connectivity index is 1.43. The summed E-state index contributed by atoms with van der Waals surface area (Å²) in [6.07, 6.45) is 12.3. The molecule has 1 aliphatic rings. The summed E-state index contributed by atoms with van der Waals surface area (Å²) in [5.74, 6) is 0. The Morgan fingerprint density at radius 3 is 2.35 bits per heavy atom. The molecule has 0 aliphatic heterocycles. The Hall–Kier alpha value is -2.82. The first-order valence-corrected chi connectivity index (χ1v) is 9.31. The highest BCUT2D eigenvalue weighted by Crippen LogP contribution is 2.18. The summed E-state index contributed by atoms with van der Waals surface area (Å²) in [6, 6.07) is 12.1. The van der Waals surface area contributed by atoms with E-state index in [1.807, 2.05) is 18.3 Å². The number of hydrogen-bond donors (Lipinski definition) is 3. The number of anilines is 3. The topological polar surface area (TPSA) is 75.3 Å². The van der Waals surface area contributed by atoms with Gasteiger partial charge in [0.2, 0.25) is 0 Å². The molecule has 5 heteroatoms. The number of nitrogens with zero attached hydrogens (tertiary/aromatic N) is 2. The lowest BCUT2D eigenvalue weighted by Gasteiger charge is -2.11. The smallest absolute Gasteiger partial charge is 0.0455 e. The van der Waals surface area contributed by atoms with Crippen LogP contribution in [0.25, 0.3) is 0 Å². The molecule has 136 valence electrons. The summed E-state index contributed by atoms with van der Waals surface area (Å²) in [4.78, 5) is 8.57. The highest BCUT2D eigenvalue weighted by atomic mass is 14.9. The van der Waals surface area contributed by atoms with E-state index < -0.39 is 0 Å². The number of rotatable bonds is 7. The fraction of sp³-hybridized carbons (Fsp3) is 0.333. The second kappa shape index (κ2) is 9.61. The minimum Gasteiger partial charge on any atom is -0.401 e. The van der Waals surface area contributed by atoms with Crippen molar-refractivity contribution in [3.63, 3.8) is 0 Å². The predicted molar refractivity (Wildman–Crippen MR) is 110 cm³/mol. The van der Waals surface area contributed by atoms with Gasteiger partial charge in [-0.1, -0.05) is 6.42 Å². The van der Waals surface area contributed by atoms with Crippen LogP contribution in [-0.4, -0.2) is 17.2 Å². The maximum atomic E-state index is 6.06. The molecule has 0 radical (unpaired) electrons. The Labute approximate surface area is 155 Å². The molecule has 0 atom stereocenters. The molecule has 4 N–H and O–H groups in total. The van der Waals surface area contributed by atoms with Crippen LogP contribution in [0, 0.1) is 0 Å². The molecule has 26 heavy (non-hydrogen) atoms. The van der Waals surface area contributed by atoms with Crippen molar-refractivity contribution in [1.29, 1.82) is 0 Å². The zero-order chi connectivity index (χ0) is 18.0. The van der Waals surface area contributed by atoms with Crippen LogP contribution >= 0.6 is 0 Å². The third kappa shape index (κ3) is 5.92. The van der Waals surface area contributed by atoms with E-state index in [1.165, 1.54) is 25.0 Å². The second-order valence-corrected chi connectivity index (χ2v) is 6.58. The van der Waals surface area contributed by atoms with Crippen molar-refractivity contribution in [3.05, 3.63) is 60.7 Å². The quantitative estimate of drug-likeness (QED) is 0.669. The molecule has 1 fully saturated rings. The summed E-state index contributed by atoms with van der Waals surface area (Å²) in [5, 5.41) is 6.74. The van der Waals surface area contributed by atoms with E-state index in [1.54, 1.807) is 12.4 Å². The number of aromatic nitrogens is 1. The van der Waals surface area contributed by atoms with Gasteiger partial charge in [-0.15, -0.1) is 0 Å². The predicted octanol–water partition coefficient (Wildman–Crippen LogP) is 4.83. The SMILES string of the molecule is N/C(=C\N=C1CCCCC1)CCNc1ccc(Nc2ccncc2)cc1. The number of hydrogen-bond acceptors (Lipinski definition) is 5. The lowest BCUT2D eigenvalue weighted by molar-refractivity contribution is 0.666. The highest BCUT2D eigenvalue weighted by molar-refractivity contribution is 5.85. The van der Waals surface area contributed by atoms with Crippen LogP contribution in [0.3, 0.4) is 0 Å². The van der Waals surface area contributed by atoms with Gasteiger partial charge in [0.05, 0.1) is 0 Å². The summed E-state index contributed by atoms with van der Waals surface area (Å²) in [7, 11) is 0. The average Bonchev–Trinajstić information content (AvgIpc) is 2.69. The number of pyridine rings is 1. The molecule has 0 bridgehead atoms. The van der Waals surface area contributed by atoms with Crippen LogP contribution in [0.4, 0.5) is 17.1 Å². The minimum absolute atomic E-state index is 0.786. The Morgan fingerprint density at radius 1 is 0.962 bits per heavy atom. The summed E-state index contributed by atoms with van der Waals surface area (Å²) < 4.78 is 0. The van der Waals surface area contributed by atoms with Gasteiger partial charge in [0.15, 0.2) is 0 Å². The van der Waals surface area contributed by atoms with E-state index in [2.05, 4.69) is 44.9 Å². The standard InChI is InChI=1S/C21H27N5/c22-17(16-25-18-4-2-1-3-5-18)10-15-24-19-6-8-20(9-7-19)26-21-11-13-23-14-12-21/h6-9,11-14,16,24H,1-5,10,15,22H2,(H,23,26)/b17-16-. The summed E-state index contributed by atoms with van der Waals surface area (Å²) in [6.45, 7) is 0.796. The van der Waals surface area contributed by atoms with Crippen LogP contribution in [0.15, 0.2) is 65.7 Å². The molecule has 0 spiro atoms. The lowest BCUT2D eigenvalue weighted by Crippen LogP contribution is -2.08. The van der Waals surface area contributed by atoms with Gasteiger partial charge < -0.3 is 16.4 Å². The average molecular weight is 349 g/mol. The van der Waals surface area contributed by atoms with Gasteiger partial charge in [0.1, 0.15) is 0 Å². The molecule has 0 amide bonds. The molecule has 5 nitrogen and oxygen atoms in total. The van der Waals surface area contributed by atoms with Crippen LogP contribution in [0.2, 0.25) is 0 Å². The van der Waals surface area contributed by atoms with Gasteiger partial charge in [0, 0.05) is 60.0 Å². The van der Waals surface area contributed by atoms with E-state index in [0.717, 1.165) is 48.6 Å². The first-order chi connectivity index (χ1) is 12.8. The van der Waals surface area contributed by atoms with E-state index in [9.17, 15) is 0 Å². The van der Waals surface area contributed by atoms with Crippen molar-refractivity contribution in [1.82, 2.24) is 4.98 Å². The van der Waals surface area contributed by atoms with Crippen LogP contribution in [0.5, 0.6) is 0 Å². The van der Waals surface area contributed by atoms with Crippen LogP contribution in [-0.2, 0) is 0 Å². The molecule has 1 aromatic heterocycles. The Morgan fingerprint density at radius 2 is 1.62 bits per heavy atom. The van der Waals surface area contributed by atoms with Crippen molar-refractivity contribution in [2.45, 2.75) is 38.5 Å². The van der Waals surface area contributed by atoms with Crippen molar-refractivity contribution in [2.75, 3.05) is 17.2 Å². The number of nitrogens with one attached hydrogen (secondary N) is 2. The summed E-state index contributed by atoms with van der Waals surface area (Å²) >= 11 is 0. The lowest BCUT2D eigenvalue weighted by atomic mass is 9.99. The normalized spacial score (nSPS) is 14.8. The zero-order valence-electron chi connectivity index (χ0n) is 15.1. The minimum atomic E-state index is 0.786. The largest absolute Gasteiger partial charge is 0.401 e. The molecule has 1 saturated carbocycles. The molecular formula is C21H27N5. The van der Waals surface area contributed by atoms with Crippen molar-refractivity contribution >= 4 is 22.8 Å². The van der Waals surface area contributed by atoms with Gasteiger partial charge in [-0.2, -0.15) is 0 Å². The Bertz CT molecular complexity index is 727. The fourth-order valence-electron chi connectivity index (χ4n) is 2.95. The second-order valence-electron chi connectivity index (χ2n) is 6.58.